The van der Waals surface area contributed by atoms with Gasteiger partial charge in [-0.25, -0.2) is 4.79 Å². The molecule has 2 aliphatic rings. The maximum atomic E-state index is 12.5. The molecule has 0 bridgehead atoms. The van der Waals surface area contributed by atoms with Gasteiger partial charge in [-0.1, -0.05) is 13.8 Å². The van der Waals surface area contributed by atoms with Crippen molar-refractivity contribution in [3.63, 3.8) is 0 Å². The average molecular weight is 298 g/mol. The van der Waals surface area contributed by atoms with Crippen molar-refractivity contribution in [1.82, 2.24) is 10.2 Å². The van der Waals surface area contributed by atoms with Crippen LogP contribution in [0.5, 0.6) is 0 Å². The first-order valence-electron chi connectivity index (χ1n) is 7.73. The summed E-state index contributed by atoms with van der Waals surface area (Å²) in [7, 11) is 0. The van der Waals surface area contributed by atoms with E-state index in [1.807, 2.05) is 4.90 Å². The van der Waals surface area contributed by atoms with Gasteiger partial charge in [-0.2, -0.15) is 0 Å². The van der Waals surface area contributed by atoms with Gasteiger partial charge in [0.15, 0.2) is 0 Å². The molecule has 2 amide bonds. The van der Waals surface area contributed by atoms with Gasteiger partial charge in [-0.05, 0) is 32.1 Å². The number of carboxylic acids is 1. The topological polar surface area (TPSA) is 78.9 Å². The van der Waals surface area contributed by atoms with Gasteiger partial charge in [-0.15, -0.1) is 0 Å². The third kappa shape index (κ3) is 3.67. The van der Waals surface area contributed by atoms with Crippen molar-refractivity contribution >= 4 is 12.0 Å². The van der Waals surface area contributed by atoms with Gasteiger partial charge in [0, 0.05) is 12.6 Å². The average Bonchev–Trinajstić information content (AvgIpc) is 3.15. The van der Waals surface area contributed by atoms with Crippen LogP contribution in [0.15, 0.2) is 0 Å². The fourth-order valence-electron chi connectivity index (χ4n) is 2.55. The number of ether oxygens (including phenoxy) is 1. The summed E-state index contributed by atoms with van der Waals surface area (Å²) in [5.41, 5.74) is -1.04. The highest BCUT2D eigenvalue weighted by Gasteiger charge is 2.48. The lowest BCUT2D eigenvalue weighted by atomic mass is 9.85. The molecule has 1 saturated heterocycles. The van der Waals surface area contributed by atoms with E-state index >= 15 is 0 Å². The summed E-state index contributed by atoms with van der Waals surface area (Å²) in [4.78, 5) is 25.7. The molecule has 1 aliphatic heterocycles. The highest BCUT2D eigenvalue weighted by molar-refractivity contribution is 5.79. The van der Waals surface area contributed by atoms with E-state index in [9.17, 15) is 14.7 Å². The van der Waals surface area contributed by atoms with E-state index in [1.165, 1.54) is 0 Å². The first-order valence-corrected chi connectivity index (χ1v) is 7.73. The van der Waals surface area contributed by atoms with Crippen LogP contribution in [0, 0.1) is 11.3 Å². The molecule has 0 spiro atoms. The second-order valence-corrected chi connectivity index (χ2v) is 6.85. The Balaban J connectivity index is 1.96. The molecule has 0 aromatic carbocycles. The summed E-state index contributed by atoms with van der Waals surface area (Å²) < 4.78 is 5.27. The Bertz CT molecular complexity index is 408. The Morgan fingerprint density at radius 1 is 1.43 bits per heavy atom. The zero-order valence-electron chi connectivity index (χ0n) is 13.1. The van der Waals surface area contributed by atoms with Crippen LogP contribution in [-0.4, -0.2) is 53.8 Å². The molecule has 2 rings (SSSR count). The Morgan fingerprint density at radius 2 is 2.10 bits per heavy atom. The Labute approximate surface area is 125 Å². The van der Waals surface area contributed by atoms with E-state index < -0.39 is 17.4 Å². The quantitative estimate of drug-likeness (QED) is 0.782. The largest absolute Gasteiger partial charge is 0.481 e. The predicted molar refractivity (Wildman–Crippen MR) is 78.1 cm³/mol. The summed E-state index contributed by atoms with van der Waals surface area (Å²) in [6.07, 6.45) is 3.05. The van der Waals surface area contributed by atoms with E-state index in [0.717, 1.165) is 25.8 Å². The fourth-order valence-corrected chi connectivity index (χ4v) is 2.55. The molecule has 6 nitrogen and oxygen atoms in total. The van der Waals surface area contributed by atoms with Gasteiger partial charge in [0.2, 0.25) is 0 Å². The van der Waals surface area contributed by atoms with Crippen molar-refractivity contribution in [3.8, 4) is 0 Å². The molecule has 1 heterocycles. The zero-order valence-corrected chi connectivity index (χ0v) is 13.1. The third-order valence-electron chi connectivity index (χ3n) is 4.44. The second kappa shape index (κ2) is 6.22. The van der Waals surface area contributed by atoms with Crippen molar-refractivity contribution in [2.45, 2.75) is 52.1 Å². The van der Waals surface area contributed by atoms with Gasteiger partial charge in [0.1, 0.15) is 5.41 Å². The summed E-state index contributed by atoms with van der Waals surface area (Å²) in [5, 5.41) is 12.2. The Morgan fingerprint density at radius 3 is 2.62 bits per heavy atom. The van der Waals surface area contributed by atoms with Crippen LogP contribution in [0.3, 0.4) is 0 Å². The van der Waals surface area contributed by atoms with Crippen LogP contribution >= 0.6 is 0 Å². The molecule has 1 aliphatic carbocycles. The number of carboxylic acid groups (broad SMARTS) is 1. The van der Waals surface area contributed by atoms with Crippen LogP contribution in [0.1, 0.15) is 40.0 Å². The molecule has 21 heavy (non-hydrogen) atoms. The zero-order chi connectivity index (χ0) is 15.6. The monoisotopic (exact) mass is 298 g/mol. The van der Waals surface area contributed by atoms with Gasteiger partial charge in [0.25, 0.3) is 0 Å². The lowest BCUT2D eigenvalue weighted by molar-refractivity contribution is -0.148. The van der Waals surface area contributed by atoms with Gasteiger partial charge in [-0.3, -0.25) is 4.79 Å². The number of nitrogens with one attached hydrogen (secondary N) is 1. The van der Waals surface area contributed by atoms with Crippen LogP contribution in [0.2, 0.25) is 0 Å². The molecule has 0 aromatic heterocycles. The lowest BCUT2D eigenvalue weighted by Crippen LogP contribution is -2.54. The minimum absolute atomic E-state index is 0.142. The molecule has 0 radical (unpaired) electrons. The minimum Gasteiger partial charge on any atom is -0.481 e. The predicted octanol–water partition coefficient (Wildman–Crippen LogP) is 1.70. The number of rotatable bonds is 6. The van der Waals surface area contributed by atoms with Crippen LogP contribution in [-0.2, 0) is 9.53 Å². The van der Waals surface area contributed by atoms with Crippen LogP contribution < -0.4 is 5.32 Å². The third-order valence-corrected chi connectivity index (χ3v) is 4.44. The summed E-state index contributed by atoms with van der Waals surface area (Å²) in [6.45, 7) is 7.03. The summed E-state index contributed by atoms with van der Waals surface area (Å²) >= 11 is 0. The second-order valence-electron chi connectivity index (χ2n) is 6.85. The standard InChI is InChI=1S/C15H26N2O4/c1-10(2)6-7-17(11-4-5-11)14(20)16-12-8-21-9-15(12,3)13(18)19/h10-12H,4-9H2,1-3H3,(H,16,20)(H,18,19). The van der Waals surface area contributed by atoms with Gasteiger partial charge in [0.05, 0.1) is 19.3 Å². The molecule has 2 atom stereocenters. The van der Waals surface area contributed by atoms with Crippen molar-refractivity contribution in [3.05, 3.63) is 0 Å². The highest BCUT2D eigenvalue weighted by atomic mass is 16.5. The first kappa shape index (κ1) is 16.1. The Kier molecular flexibility index (Phi) is 4.76. The molecule has 2 unspecified atom stereocenters. The molecule has 120 valence electrons. The number of amides is 2. The first-order chi connectivity index (χ1) is 9.84. The molecular formula is C15H26N2O4. The molecule has 2 fully saturated rings. The van der Waals surface area contributed by atoms with Crippen molar-refractivity contribution in [1.29, 1.82) is 0 Å². The molecule has 1 saturated carbocycles. The van der Waals surface area contributed by atoms with E-state index in [-0.39, 0.29) is 19.2 Å². The normalized spacial score (nSPS) is 28.7. The summed E-state index contributed by atoms with van der Waals surface area (Å²) in [6, 6.07) is -0.300. The molecule has 0 aromatic rings. The Hall–Kier alpha value is -1.30. The van der Waals surface area contributed by atoms with Crippen LogP contribution in [0.25, 0.3) is 0 Å². The maximum absolute atomic E-state index is 12.5. The van der Waals surface area contributed by atoms with E-state index in [0.29, 0.717) is 12.0 Å². The number of urea groups is 1. The number of hydrogen-bond donors (Lipinski definition) is 2. The van der Waals surface area contributed by atoms with Gasteiger partial charge < -0.3 is 20.1 Å². The van der Waals surface area contributed by atoms with E-state index in [2.05, 4.69) is 19.2 Å². The summed E-state index contributed by atoms with van der Waals surface area (Å²) in [5.74, 6) is -0.386. The lowest BCUT2D eigenvalue weighted by Gasteiger charge is -2.30. The van der Waals surface area contributed by atoms with Crippen molar-refractivity contribution in [2.75, 3.05) is 19.8 Å². The molecule has 2 N–H and O–H groups in total. The van der Waals surface area contributed by atoms with Crippen molar-refractivity contribution in [2.24, 2.45) is 11.3 Å². The van der Waals surface area contributed by atoms with Gasteiger partial charge >= 0.3 is 12.0 Å². The fraction of sp³-hybridized carbons (Fsp3) is 0.867. The number of carbonyl (C=O) groups is 2. The van der Waals surface area contributed by atoms with E-state index in [1.54, 1.807) is 6.92 Å². The number of nitrogens with zero attached hydrogens (tertiary/aromatic N) is 1. The highest BCUT2D eigenvalue weighted by Crippen LogP contribution is 2.31. The molecule has 6 heteroatoms. The van der Waals surface area contributed by atoms with Crippen LogP contribution in [0.4, 0.5) is 4.79 Å². The smallest absolute Gasteiger partial charge is 0.317 e. The number of hydrogen-bond acceptors (Lipinski definition) is 3. The number of carbonyl (C=O) groups excluding carboxylic acids is 1. The maximum Gasteiger partial charge on any atom is 0.317 e. The van der Waals surface area contributed by atoms with Crippen molar-refractivity contribution < 1.29 is 19.4 Å². The molecular weight excluding hydrogens is 272 g/mol. The SMILES string of the molecule is CC(C)CCN(C(=O)NC1COCC1(C)C(=O)O)C1CC1. The number of aliphatic carboxylic acids is 1. The van der Waals surface area contributed by atoms with E-state index in [4.69, 9.17) is 4.74 Å². The minimum atomic E-state index is -1.04.